The van der Waals surface area contributed by atoms with Crippen LogP contribution in [-0.2, 0) is 6.54 Å². The lowest BCUT2D eigenvalue weighted by atomic mass is 9.98. The van der Waals surface area contributed by atoms with Crippen LogP contribution in [0.4, 0.5) is 4.39 Å². The molecule has 2 N–H and O–H groups in total. The van der Waals surface area contributed by atoms with Crippen molar-refractivity contribution >= 4 is 0 Å². The van der Waals surface area contributed by atoms with Gasteiger partial charge in [0, 0.05) is 36.8 Å². The van der Waals surface area contributed by atoms with Gasteiger partial charge in [-0.3, -0.25) is 4.90 Å². The van der Waals surface area contributed by atoms with Gasteiger partial charge in [-0.15, -0.1) is 0 Å². The van der Waals surface area contributed by atoms with Gasteiger partial charge in [0.2, 0.25) is 0 Å². The predicted molar refractivity (Wildman–Crippen MR) is 79.3 cm³/mol. The second kappa shape index (κ2) is 6.10. The summed E-state index contributed by atoms with van der Waals surface area (Å²) >= 11 is 0. The molecule has 0 aromatic heterocycles. The van der Waals surface area contributed by atoms with Gasteiger partial charge in [0.05, 0.1) is 0 Å². The molecule has 0 radical (unpaired) electrons. The van der Waals surface area contributed by atoms with E-state index in [2.05, 4.69) is 31.0 Å². The number of aromatic hydroxyl groups is 1. The summed E-state index contributed by atoms with van der Waals surface area (Å²) in [6.45, 7) is 9.40. The maximum Gasteiger partial charge on any atom is 0.165 e. The number of nitrogens with zero attached hydrogens (tertiary/aromatic N) is 1. The third-order valence-corrected chi connectivity index (χ3v) is 4.10. The Morgan fingerprint density at radius 2 is 1.95 bits per heavy atom. The lowest BCUT2D eigenvalue weighted by Crippen LogP contribution is -2.49. The van der Waals surface area contributed by atoms with Crippen LogP contribution < -0.4 is 5.32 Å². The summed E-state index contributed by atoms with van der Waals surface area (Å²) in [5, 5.41) is 13.1. The van der Waals surface area contributed by atoms with E-state index < -0.39 is 5.82 Å². The molecule has 1 aromatic rings. The SMILES string of the molecule is CC(C)(C)N1CCC(NCc2cccc(F)c2O)CC1. The zero-order valence-electron chi connectivity index (χ0n) is 12.6. The molecule has 2 rings (SSSR count). The van der Waals surface area contributed by atoms with Crippen molar-refractivity contribution in [2.45, 2.75) is 51.7 Å². The first kappa shape index (κ1) is 15.3. The Morgan fingerprint density at radius 3 is 2.55 bits per heavy atom. The number of nitrogens with one attached hydrogen (secondary N) is 1. The van der Waals surface area contributed by atoms with Crippen molar-refractivity contribution in [3.63, 3.8) is 0 Å². The maximum atomic E-state index is 13.2. The first-order chi connectivity index (χ1) is 9.38. The molecule has 0 bridgehead atoms. The summed E-state index contributed by atoms with van der Waals surface area (Å²) < 4.78 is 13.2. The number of hydrogen-bond donors (Lipinski definition) is 2. The van der Waals surface area contributed by atoms with Crippen molar-refractivity contribution < 1.29 is 9.50 Å². The van der Waals surface area contributed by atoms with Crippen molar-refractivity contribution in [2.24, 2.45) is 0 Å². The number of phenols is 1. The standard InChI is InChI=1S/C16H25FN2O/c1-16(2,3)19-9-7-13(8-10-19)18-11-12-5-4-6-14(17)15(12)20/h4-6,13,18,20H,7-11H2,1-3H3. The van der Waals surface area contributed by atoms with Crippen LogP contribution in [0.15, 0.2) is 18.2 Å². The van der Waals surface area contributed by atoms with Crippen LogP contribution in [-0.4, -0.2) is 34.7 Å². The third-order valence-electron chi connectivity index (χ3n) is 4.10. The number of hydrogen-bond acceptors (Lipinski definition) is 3. The van der Waals surface area contributed by atoms with E-state index >= 15 is 0 Å². The van der Waals surface area contributed by atoms with E-state index in [1.807, 2.05) is 0 Å². The molecule has 3 nitrogen and oxygen atoms in total. The number of para-hydroxylation sites is 1. The molecule has 1 saturated heterocycles. The fraction of sp³-hybridized carbons (Fsp3) is 0.625. The minimum absolute atomic E-state index is 0.228. The molecule has 0 amide bonds. The van der Waals surface area contributed by atoms with Crippen LogP contribution in [0.2, 0.25) is 0 Å². The van der Waals surface area contributed by atoms with Crippen molar-refractivity contribution in [3.8, 4) is 5.75 Å². The molecule has 112 valence electrons. The molecule has 1 fully saturated rings. The van der Waals surface area contributed by atoms with Gasteiger partial charge < -0.3 is 10.4 Å². The van der Waals surface area contributed by atoms with Crippen molar-refractivity contribution in [2.75, 3.05) is 13.1 Å². The van der Waals surface area contributed by atoms with Crippen molar-refractivity contribution in [1.82, 2.24) is 10.2 Å². The third kappa shape index (κ3) is 3.70. The number of piperidine rings is 1. The topological polar surface area (TPSA) is 35.5 Å². The largest absolute Gasteiger partial charge is 0.505 e. The van der Waals surface area contributed by atoms with E-state index in [4.69, 9.17) is 0 Å². The van der Waals surface area contributed by atoms with Gasteiger partial charge in [-0.2, -0.15) is 0 Å². The predicted octanol–water partition coefficient (Wildman–Crippen LogP) is 2.88. The van der Waals surface area contributed by atoms with E-state index in [9.17, 15) is 9.50 Å². The van der Waals surface area contributed by atoms with Crippen LogP contribution >= 0.6 is 0 Å². The summed E-state index contributed by atoms with van der Waals surface area (Å²) in [4.78, 5) is 2.49. The summed E-state index contributed by atoms with van der Waals surface area (Å²) in [6.07, 6.45) is 2.18. The first-order valence-electron chi connectivity index (χ1n) is 7.32. The lowest BCUT2D eigenvalue weighted by molar-refractivity contribution is 0.0960. The number of rotatable bonds is 3. The second-order valence-electron chi connectivity index (χ2n) is 6.56. The molecule has 0 aliphatic carbocycles. The zero-order chi connectivity index (χ0) is 14.8. The average molecular weight is 280 g/mol. The molecule has 4 heteroatoms. The first-order valence-corrected chi connectivity index (χ1v) is 7.32. The normalized spacial score (nSPS) is 18.4. The molecule has 1 aliphatic rings. The summed E-state index contributed by atoms with van der Waals surface area (Å²) in [7, 11) is 0. The van der Waals surface area contributed by atoms with E-state index in [1.165, 1.54) is 6.07 Å². The lowest BCUT2D eigenvalue weighted by Gasteiger charge is -2.41. The van der Waals surface area contributed by atoms with Gasteiger partial charge >= 0.3 is 0 Å². The highest BCUT2D eigenvalue weighted by Gasteiger charge is 2.26. The minimum atomic E-state index is -0.549. The quantitative estimate of drug-likeness (QED) is 0.893. The minimum Gasteiger partial charge on any atom is -0.505 e. The molecule has 0 unspecified atom stereocenters. The van der Waals surface area contributed by atoms with E-state index in [1.54, 1.807) is 12.1 Å². The van der Waals surface area contributed by atoms with E-state index in [0.29, 0.717) is 18.2 Å². The highest BCUT2D eigenvalue weighted by atomic mass is 19.1. The van der Waals surface area contributed by atoms with Gasteiger partial charge in [-0.25, -0.2) is 4.39 Å². The summed E-state index contributed by atoms with van der Waals surface area (Å²) in [6, 6.07) is 5.11. The molecule has 0 atom stereocenters. The number of phenolic OH excluding ortho intramolecular Hbond substituents is 1. The average Bonchev–Trinajstić information content (AvgIpc) is 2.40. The Morgan fingerprint density at radius 1 is 1.30 bits per heavy atom. The molecule has 0 spiro atoms. The van der Waals surface area contributed by atoms with Crippen molar-refractivity contribution in [1.29, 1.82) is 0 Å². The molecule has 1 aromatic carbocycles. The van der Waals surface area contributed by atoms with Crippen LogP contribution in [0.5, 0.6) is 5.75 Å². The van der Waals surface area contributed by atoms with E-state index in [-0.39, 0.29) is 11.3 Å². The Hall–Kier alpha value is -1.13. The monoisotopic (exact) mass is 280 g/mol. The molecule has 0 saturated carbocycles. The smallest absolute Gasteiger partial charge is 0.165 e. The van der Waals surface area contributed by atoms with Crippen LogP contribution in [0.25, 0.3) is 0 Å². The Bertz CT molecular complexity index is 448. The second-order valence-corrected chi connectivity index (χ2v) is 6.56. The Labute approximate surface area is 120 Å². The molecule has 1 aliphatic heterocycles. The van der Waals surface area contributed by atoms with Crippen LogP contribution in [0.1, 0.15) is 39.2 Å². The van der Waals surface area contributed by atoms with Crippen molar-refractivity contribution in [3.05, 3.63) is 29.6 Å². The zero-order valence-corrected chi connectivity index (χ0v) is 12.6. The van der Waals surface area contributed by atoms with Crippen LogP contribution in [0.3, 0.4) is 0 Å². The molecule has 1 heterocycles. The molecular weight excluding hydrogens is 255 g/mol. The number of benzene rings is 1. The van der Waals surface area contributed by atoms with E-state index in [0.717, 1.165) is 25.9 Å². The number of halogens is 1. The highest BCUT2D eigenvalue weighted by Crippen LogP contribution is 2.23. The van der Waals surface area contributed by atoms with Gasteiger partial charge in [0.15, 0.2) is 11.6 Å². The Balaban J connectivity index is 1.83. The van der Waals surface area contributed by atoms with Gasteiger partial charge in [0.25, 0.3) is 0 Å². The maximum absolute atomic E-state index is 13.2. The fourth-order valence-corrected chi connectivity index (χ4v) is 2.71. The van der Waals surface area contributed by atoms with Gasteiger partial charge in [-0.1, -0.05) is 12.1 Å². The number of likely N-dealkylation sites (tertiary alicyclic amines) is 1. The molecular formula is C16H25FN2O. The fourth-order valence-electron chi connectivity index (χ4n) is 2.71. The summed E-state index contributed by atoms with van der Waals surface area (Å²) in [5.41, 5.74) is 0.856. The molecule has 20 heavy (non-hydrogen) atoms. The Kier molecular flexibility index (Phi) is 4.66. The van der Waals surface area contributed by atoms with Gasteiger partial charge in [0.1, 0.15) is 0 Å². The van der Waals surface area contributed by atoms with Crippen LogP contribution in [0, 0.1) is 5.82 Å². The van der Waals surface area contributed by atoms with Gasteiger partial charge in [-0.05, 0) is 39.7 Å². The highest BCUT2D eigenvalue weighted by molar-refractivity contribution is 5.33. The summed E-state index contributed by atoms with van der Waals surface area (Å²) in [5.74, 6) is -0.779.